The minimum atomic E-state index is -0.776. The van der Waals surface area contributed by atoms with E-state index < -0.39 is 5.97 Å². The number of carboxylic acid groups (broad SMARTS) is 1. The summed E-state index contributed by atoms with van der Waals surface area (Å²) in [5, 5.41) is 14.2. The Morgan fingerprint density at radius 1 is 1.61 bits per heavy atom. The Labute approximate surface area is 108 Å². The number of hydrogen-bond donors (Lipinski definition) is 2. The molecule has 0 amide bonds. The lowest BCUT2D eigenvalue weighted by Crippen LogP contribution is -2.61. The van der Waals surface area contributed by atoms with Gasteiger partial charge in [-0.25, -0.2) is 4.98 Å². The highest BCUT2D eigenvalue weighted by atomic mass is 32.1. The molecule has 0 aliphatic carbocycles. The van der Waals surface area contributed by atoms with Crippen LogP contribution in [0.5, 0.6) is 0 Å². The van der Waals surface area contributed by atoms with Crippen LogP contribution < -0.4 is 5.32 Å². The molecular formula is C12H13N3O2S. The zero-order valence-corrected chi connectivity index (χ0v) is 10.5. The van der Waals surface area contributed by atoms with Crippen molar-refractivity contribution in [2.75, 3.05) is 13.1 Å². The van der Waals surface area contributed by atoms with Gasteiger partial charge in [0.25, 0.3) is 0 Å². The van der Waals surface area contributed by atoms with Gasteiger partial charge in [-0.05, 0) is 11.4 Å². The Morgan fingerprint density at radius 2 is 2.44 bits per heavy atom. The minimum absolute atomic E-state index is 0.120. The zero-order chi connectivity index (χ0) is 12.6. The van der Waals surface area contributed by atoms with Gasteiger partial charge in [0.05, 0.1) is 16.8 Å². The number of nitrogens with one attached hydrogen (secondary N) is 1. The fourth-order valence-electron chi connectivity index (χ4n) is 2.35. The van der Waals surface area contributed by atoms with Gasteiger partial charge in [0.1, 0.15) is 0 Å². The SMILES string of the molecule is O=C(O)CC1(n2ccnc2-c2cccs2)CNC1. The second kappa shape index (κ2) is 4.22. The van der Waals surface area contributed by atoms with Crippen LogP contribution in [0.1, 0.15) is 6.42 Å². The largest absolute Gasteiger partial charge is 0.481 e. The van der Waals surface area contributed by atoms with Gasteiger partial charge in [-0.3, -0.25) is 4.79 Å². The van der Waals surface area contributed by atoms with Crippen molar-refractivity contribution in [2.24, 2.45) is 0 Å². The Morgan fingerprint density at radius 3 is 3.00 bits per heavy atom. The molecule has 0 saturated carbocycles. The molecule has 5 nitrogen and oxygen atoms in total. The number of hydrogen-bond acceptors (Lipinski definition) is 4. The first-order valence-corrected chi connectivity index (χ1v) is 6.59. The Kier molecular flexibility index (Phi) is 2.68. The number of aromatic nitrogens is 2. The molecule has 1 aliphatic heterocycles. The molecular weight excluding hydrogens is 250 g/mol. The maximum absolute atomic E-state index is 11.0. The number of rotatable bonds is 4. The summed E-state index contributed by atoms with van der Waals surface area (Å²) in [7, 11) is 0. The molecule has 1 aliphatic rings. The van der Waals surface area contributed by atoms with Crippen LogP contribution in [-0.4, -0.2) is 33.7 Å². The smallest absolute Gasteiger partial charge is 0.305 e. The highest BCUT2D eigenvalue weighted by Crippen LogP contribution is 2.32. The van der Waals surface area contributed by atoms with E-state index in [-0.39, 0.29) is 12.0 Å². The first-order valence-electron chi connectivity index (χ1n) is 5.71. The molecule has 0 radical (unpaired) electrons. The van der Waals surface area contributed by atoms with E-state index in [2.05, 4.69) is 10.3 Å². The highest BCUT2D eigenvalue weighted by molar-refractivity contribution is 7.13. The molecule has 1 fully saturated rings. The van der Waals surface area contributed by atoms with Gasteiger partial charge in [0, 0.05) is 25.5 Å². The molecule has 0 aromatic carbocycles. The van der Waals surface area contributed by atoms with Crippen molar-refractivity contribution in [1.82, 2.24) is 14.9 Å². The Bertz CT molecular complexity index is 558. The fourth-order valence-corrected chi connectivity index (χ4v) is 3.07. The third-order valence-electron chi connectivity index (χ3n) is 3.28. The van der Waals surface area contributed by atoms with Gasteiger partial charge in [-0.2, -0.15) is 0 Å². The van der Waals surface area contributed by atoms with E-state index in [1.54, 1.807) is 17.5 Å². The number of thiophene rings is 1. The maximum atomic E-state index is 11.0. The van der Waals surface area contributed by atoms with E-state index in [4.69, 9.17) is 5.11 Å². The van der Waals surface area contributed by atoms with Crippen LogP contribution in [-0.2, 0) is 10.3 Å². The highest BCUT2D eigenvalue weighted by Gasteiger charge is 2.42. The van der Waals surface area contributed by atoms with E-state index in [0.29, 0.717) is 13.1 Å². The maximum Gasteiger partial charge on any atom is 0.305 e. The summed E-state index contributed by atoms with van der Waals surface area (Å²) in [6.45, 7) is 1.35. The van der Waals surface area contributed by atoms with Crippen LogP contribution in [0.15, 0.2) is 29.9 Å². The summed E-state index contributed by atoms with van der Waals surface area (Å²) < 4.78 is 2.00. The minimum Gasteiger partial charge on any atom is -0.481 e. The number of carbonyl (C=O) groups is 1. The standard InChI is InChI=1S/C12H13N3O2S/c16-10(17)6-12(7-13-8-12)15-4-3-14-11(15)9-2-1-5-18-9/h1-5,13H,6-8H2,(H,16,17). The lowest BCUT2D eigenvalue weighted by atomic mass is 9.88. The van der Waals surface area contributed by atoms with E-state index in [1.807, 2.05) is 28.3 Å². The quantitative estimate of drug-likeness (QED) is 0.874. The van der Waals surface area contributed by atoms with Gasteiger partial charge in [0.15, 0.2) is 5.82 Å². The molecule has 94 valence electrons. The lowest BCUT2D eigenvalue weighted by molar-refractivity contribution is -0.140. The van der Waals surface area contributed by atoms with E-state index in [0.717, 1.165) is 10.7 Å². The molecule has 18 heavy (non-hydrogen) atoms. The van der Waals surface area contributed by atoms with E-state index in [9.17, 15) is 4.79 Å². The van der Waals surface area contributed by atoms with Crippen molar-refractivity contribution in [1.29, 1.82) is 0 Å². The van der Waals surface area contributed by atoms with Crippen molar-refractivity contribution in [3.8, 4) is 10.7 Å². The molecule has 0 unspecified atom stereocenters. The summed E-state index contributed by atoms with van der Waals surface area (Å²) in [5.41, 5.74) is -0.373. The molecule has 3 heterocycles. The first kappa shape index (κ1) is 11.4. The third kappa shape index (κ3) is 1.74. The molecule has 0 atom stereocenters. The van der Waals surface area contributed by atoms with Crippen molar-refractivity contribution >= 4 is 17.3 Å². The van der Waals surface area contributed by atoms with E-state index in [1.165, 1.54) is 0 Å². The lowest BCUT2D eigenvalue weighted by Gasteiger charge is -2.43. The van der Waals surface area contributed by atoms with E-state index >= 15 is 0 Å². The Balaban J connectivity index is 2.01. The Hall–Kier alpha value is -1.66. The fraction of sp³-hybridized carbons (Fsp3) is 0.333. The monoisotopic (exact) mass is 263 g/mol. The topological polar surface area (TPSA) is 67.1 Å². The number of imidazole rings is 1. The van der Waals surface area contributed by atoms with Gasteiger partial charge in [0.2, 0.25) is 0 Å². The average Bonchev–Trinajstić information content (AvgIpc) is 2.92. The summed E-state index contributed by atoms with van der Waals surface area (Å²) in [6, 6.07) is 3.98. The number of nitrogens with zero attached hydrogens (tertiary/aromatic N) is 2. The molecule has 2 aromatic rings. The van der Waals surface area contributed by atoms with Gasteiger partial charge in [-0.15, -0.1) is 11.3 Å². The van der Waals surface area contributed by atoms with Crippen LogP contribution in [0.3, 0.4) is 0 Å². The van der Waals surface area contributed by atoms with Gasteiger partial charge in [-0.1, -0.05) is 6.07 Å². The third-order valence-corrected chi connectivity index (χ3v) is 4.15. The summed E-state index contributed by atoms with van der Waals surface area (Å²) in [4.78, 5) is 16.5. The second-order valence-electron chi connectivity index (χ2n) is 4.50. The number of aliphatic carboxylic acids is 1. The van der Waals surface area contributed by atoms with Gasteiger partial charge < -0.3 is 15.0 Å². The molecule has 2 aromatic heterocycles. The van der Waals surface area contributed by atoms with Crippen LogP contribution in [0.4, 0.5) is 0 Å². The molecule has 1 saturated heterocycles. The van der Waals surface area contributed by atoms with Crippen molar-refractivity contribution in [2.45, 2.75) is 12.0 Å². The first-order chi connectivity index (χ1) is 8.71. The molecule has 6 heteroatoms. The zero-order valence-electron chi connectivity index (χ0n) is 9.67. The molecule has 0 spiro atoms. The van der Waals surface area contributed by atoms with Crippen LogP contribution >= 0.6 is 11.3 Å². The van der Waals surface area contributed by atoms with Crippen molar-refractivity contribution in [3.63, 3.8) is 0 Å². The number of carboxylic acids is 1. The molecule has 2 N–H and O–H groups in total. The van der Waals surface area contributed by atoms with Crippen LogP contribution in [0.25, 0.3) is 10.7 Å². The van der Waals surface area contributed by atoms with Gasteiger partial charge >= 0.3 is 5.97 Å². The molecule has 3 rings (SSSR count). The summed E-state index contributed by atoms with van der Waals surface area (Å²) >= 11 is 1.61. The van der Waals surface area contributed by atoms with Crippen molar-refractivity contribution in [3.05, 3.63) is 29.9 Å². The summed E-state index contributed by atoms with van der Waals surface area (Å²) in [6.07, 6.45) is 3.73. The molecule has 0 bridgehead atoms. The normalized spacial score (nSPS) is 17.3. The van der Waals surface area contributed by atoms with Crippen molar-refractivity contribution < 1.29 is 9.90 Å². The predicted molar refractivity (Wildman–Crippen MR) is 68.6 cm³/mol. The summed E-state index contributed by atoms with van der Waals surface area (Å²) in [5.74, 6) is 0.0788. The van der Waals surface area contributed by atoms with Crippen LogP contribution in [0.2, 0.25) is 0 Å². The average molecular weight is 263 g/mol. The predicted octanol–water partition coefficient (Wildman–Crippen LogP) is 1.38. The second-order valence-corrected chi connectivity index (χ2v) is 5.44. The van der Waals surface area contributed by atoms with Crippen LogP contribution in [0, 0.1) is 0 Å².